The van der Waals surface area contributed by atoms with Gasteiger partial charge in [0.2, 0.25) is 0 Å². The van der Waals surface area contributed by atoms with Crippen LogP contribution >= 0.6 is 0 Å². The van der Waals surface area contributed by atoms with Gasteiger partial charge in [-0.2, -0.15) is 0 Å². The summed E-state index contributed by atoms with van der Waals surface area (Å²) in [6.45, 7) is 8.49. The van der Waals surface area contributed by atoms with Gasteiger partial charge in [0.15, 0.2) is 0 Å². The zero-order valence-electron chi connectivity index (χ0n) is 13.9. The van der Waals surface area contributed by atoms with Gasteiger partial charge in [0.1, 0.15) is 5.82 Å². The summed E-state index contributed by atoms with van der Waals surface area (Å²) in [7, 11) is 0. The molecule has 2 rings (SSSR count). The maximum absolute atomic E-state index is 13.7. The number of amides is 3. The van der Waals surface area contributed by atoms with Crippen LogP contribution in [-0.2, 0) is 0 Å². The highest BCUT2D eigenvalue weighted by Crippen LogP contribution is 2.13. The Kier molecular flexibility index (Phi) is 5.23. The molecule has 1 aliphatic heterocycles. The van der Waals surface area contributed by atoms with Gasteiger partial charge in [0, 0.05) is 32.7 Å². The summed E-state index contributed by atoms with van der Waals surface area (Å²) >= 11 is 0. The fourth-order valence-corrected chi connectivity index (χ4v) is 2.37. The summed E-state index contributed by atoms with van der Waals surface area (Å²) in [5, 5.41) is 2.90. The van der Waals surface area contributed by atoms with Crippen molar-refractivity contribution in [1.82, 2.24) is 15.1 Å². The molecule has 3 amide bonds. The lowest BCUT2D eigenvalue weighted by atomic mass is 9.97. The van der Waals surface area contributed by atoms with E-state index in [1.807, 2.05) is 0 Å². The second-order valence-electron chi connectivity index (χ2n) is 6.98. The highest BCUT2D eigenvalue weighted by atomic mass is 19.1. The molecule has 5 nitrogen and oxygen atoms in total. The Bertz CT molecular complexity index is 575. The molecule has 0 atom stereocenters. The third kappa shape index (κ3) is 4.68. The molecule has 0 unspecified atom stereocenters. The monoisotopic (exact) mass is 321 g/mol. The average molecular weight is 321 g/mol. The number of piperazine rings is 1. The molecular formula is C17H24FN3O2. The first-order valence-electron chi connectivity index (χ1n) is 7.84. The molecule has 1 heterocycles. The highest BCUT2D eigenvalue weighted by Gasteiger charge is 2.26. The van der Waals surface area contributed by atoms with Crippen LogP contribution in [0.2, 0.25) is 0 Å². The number of carbonyl (C=O) groups excluding carboxylic acids is 2. The van der Waals surface area contributed by atoms with Crippen molar-refractivity contribution in [3.05, 3.63) is 35.6 Å². The third-order valence-electron chi connectivity index (χ3n) is 3.73. The Morgan fingerprint density at radius 2 is 1.65 bits per heavy atom. The molecule has 0 spiro atoms. The zero-order chi connectivity index (χ0) is 17.0. The number of carbonyl (C=O) groups is 2. The molecule has 0 saturated carbocycles. The van der Waals surface area contributed by atoms with Crippen LogP contribution in [0.15, 0.2) is 24.3 Å². The summed E-state index contributed by atoms with van der Waals surface area (Å²) in [4.78, 5) is 27.7. The minimum Gasteiger partial charge on any atom is -0.337 e. The molecule has 0 aliphatic carbocycles. The van der Waals surface area contributed by atoms with E-state index in [1.165, 1.54) is 12.1 Å². The Morgan fingerprint density at radius 3 is 2.22 bits per heavy atom. The third-order valence-corrected chi connectivity index (χ3v) is 3.73. The molecule has 6 heteroatoms. The predicted octanol–water partition coefficient (Wildman–Crippen LogP) is 2.34. The quantitative estimate of drug-likeness (QED) is 0.909. The second-order valence-corrected chi connectivity index (χ2v) is 6.98. The minimum atomic E-state index is -0.511. The van der Waals surface area contributed by atoms with E-state index < -0.39 is 5.82 Å². The van der Waals surface area contributed by atoms with E-state index in [9.17, 15) is 14.0 Å². The van der Waals surface area contributed by atoms with E-state index in [0.29, 0.717) is 32.7 Å². The van der Waals surface area contributed by atoms with Gasteiger partial charge in [-0.1, -0.05) is 32.9 Å². The maximum atomic E-state index is 13.7. The fourth-order valence-electron chi connectivity index (χ4n) is 2.37. The van der Waals surface area contributed by atoms with Crippen LogP contribution in [0.4, 0.5) is 9.18 Å². The number of urea groups is 1. The molecule has 1 aromatic rings. The first kappa shape index (κ1) is 17.2. The van der Waals surface area contributed by atoms with E-state index in [4.69, 9.17) is 0 Å². The van der Waals surface area contributed by atoms with Crippen LogP contribution < -0.4 is 5.32 Å². The molecular weight excluding hydrogens is 297 g/mol. The zero-order valence-corrected chi connectivity index (χ0v) is 13.9. The summed E-state index contributed by atoms with van der Waals surface area (Å²) in [6.07, 6.45) is 0. The van der Waals surface area contributed by atoms with Crippen molar-refractivity contribution in [1.29, 1.82) is 0 Å². The van der Waals surface area contributed by atoms with Crippen LogP contribution in [0.25, 0.3) is 0 Å². The van der Waals surface area contributed by atoms with Crippen molar-refractivity contribution in [2.45, 2.75) is 20.8 Å². The van der Waals surface area contributed by atoms with E-state index in [2.05, 4.69) is 26.1 Å². The number of rotatable bonds is 2. The molecule has 0 aromatic heterocycles. The van der Waals surface area contributed by atoms with E-state index in [1.54, 1.807) is 21.9 Å². The minimum absolute atomic E-state index is 0.0261. The number of hydrogen-bond acceptors (Lipinski definition) is 2. The van der Waals surface area contributed by atoms with Gasteiger partial charge < -0.3 is 15.1 Å². The van der Waals surface area contributed by atoms with E-state index >= 15 is 0 Å². The summed E-state index contributed by atoms with van der Waals surface area (Å²) < 4.78 is 13.7. The first-order valence-corrected chi connectivity index (χ1v) is 7.84. The van der Waals surface area contributed by atoms with Gasteiger partial charge in [-0.3, -0.25) is 4.79 Å². The maximum Gasteiger partial charge on any atom is 0.317 e. The van der Waals surface area contributed by atoms with Crippen molar-refractivity contribution < 1.29 is 14.0 Å². The largest absolute Gasteiger partial charge is 0.337 e. The SMILES string of the molecule is CC(C)(C)CNC(=O)N1CCN(C(=O)c2ccccc2F)CC1. The smallest absolute Gasteiger partial charge is 0.317 e. The van der Waals surface area contributed by atoms with Crippen LogP contribution in [0.5, 0.6) is 0 Å². The van der Waals surface area contributed by atoms with Crippen molar-refractivity contribution in [3.8, 4) is 0 Å². The molecule has 1 fully saturated rings. The highest BCUT2D eigenvalue weighted by molar-refractivity contribution is 5.94. The lowest BCUT2D eigenvalue weighted by Crippen LogP contribution is -2.54. The van der Waals surface area contributed by atoms with Crippen LogP contribution in [0, 0.1) is 11.2 Å². The molecule has 1 aliphatic rings. The molecule has 23 heavy (non-hydrogen) atoms. The molecule has 1 N–H and O–H groups in total. The molecule has 126 valence electrons. The van der Waals surface area contributed by atoms with Gasteiger partial charge in [0.05, 0.1) is 5.56 Å². The number of hydrogen-bond donors (Lipinski definition) is 1. The lowest BCUT2D eigenvalue weighted by molar-refractivity contribution is 0.0659. The van der Waals surface area contributed by atoms with Crippen molar-refractivity contribution >= 4 is 11.9 Å². The molecule has 1 saturated heterocycles. The van der Waals surface area contributed by atoms with Crippen molar-refractivity contribution in [2.24, 2.45) is 5.41 Å². The summed E-state index contributed by atoms with van der Waals surface area (Å²) in [5.41, 5.74) is 0.108. The molecule has 1 aromatic carbocycles. The van der Waals surface area contributed by atoms with Gasteiger partial charge in [0.25, 0.3) is 5.91 Å². The Hall–Kier alpha value is -2.11. The number of halogens is 1. The number of nitrogens with one attached hydrogen (secondary N) is 1. The Morgan fingerprint density at radius 1 is 1.09 bits per heavy atom. The Labute approximate surface area is 136 Å². The van der Waals surface area contributed by atoms with Crippen molar-refractivity contribution in [3.63, 3.8) is 0 Å². The Balaban J connectivity index is 1.87. The van der Waals surface area contributed by atoms with Crippen LogP contribution in [0.1, 0.15) is 31.1 Å². The second kappa shape index (κ2) is 6.98. The van der Waals surface area contributed by atoms with Crippen LogP contribution in [0.3, 0.4) is 0 Å². The van der Waals surface area contributed by atoms with E-state index in [-0.39, 0.29) is 22.9 Å². The van der Waals surface area contributed by atoms with Gasteiger partial charge in [-0.25, -0.2) is 9.18 Å². The predicted molar refractivity (Wildman–Crippen MR) is 86.7 cm³/mol. The lowest BCUT2D eigenvalue weighted by Gasteiger charge is -2.35. The summed E-state index contributed by atoms with van der Waals surface area (Å²) in [5.74, 6) is -0.833. The number of nitrogens with zero attached hydrogens (tertiary/aromatic N) is 2. The fraction of sp³-hybridized carbons (Fsp3) is 0.529. The number of benzene rings is 1. The normalized spacial score (nSPS) is 15.5. The van der Waals surface area contributed by atoms with Gasteiger partial charge in [-0.15, -0.1) is 0 Å². The average Bonchev–Trinajstić information content (AvgIpc) is 2.52. The van der Waals surface area contributed by atoms with Gasteiger partial charge in [-0.05, 0) is 17.5 Å². The first-order chi connectivity index (χ1) is 10.8. The standard InChI is InChI=1S/C17H24FN3O2/c1-17(2,3)12-19-16(23)21-10-8-20(9-11-21)15(22)13-6-4-5-7-14(13)18/h4-7H,8-12H2,1-3H3,(H,19,23). The summed E-state index contributed by atoms with van der Waals surface area (Å²) in [6, 6.07) is 5.86. The van der Waals surface area contributed by atoms with Crippen molar-refractivity contribution in [2.75, 3.05) is 32.7 Å². The van der Waals surface area contributed by atoms with Crippen LogP contribution in [-0.4, -0.2) is 54.5 Å². The van der Waals surface area contributed by atoms with Gasteiger partial charge >= 0.3 is 6.03 Å². The molecule has 0 radical (unpaired) electrons. The topological polar surface area (TPSA) is 52.7 Å². The molecule has 0 bridgehead atoms. The van der Waals surface area contributed by atoms with E-state index in [0.717, 1.165) is 0 Å².